The Morgan fingerprint density at radius 1 is 1.36 bits per heavy atom. The van der Waals surface area contributed by atoms with Crippen LogP contribution in [-0.2, 0) is 11.2 Å². The minimum absolute atomic E-state index is 0.310. The van der Waals surface area contributed by atoms with Crippen LogP contribution in [0.4, 0.5) is 0 Å². The van der Waals surface area contributed by atoms with Crippen molar-refractivity contribution in [1.29, 1.82) is 0 Å². The van der Waals surface area contributed by atoms with Gasteiger partial charge in [-0.3, -0.25) is 0 Å². The maximum absolute atomic E-state index is 5.81. The van der Waals surface area contributed by atoms with Crippen LogP contribution < -0.4 is 5.32 Å². The Morgan fingerprint density at radius 2 is 2.14 bits per heavy atom. The predicted octanol–water partition coefficient (Wildman–Crippen LogP) is 1.87. The van der Waals surface area contributed by atoms with Crippen LogP contribution in [0, 0.1) is 0 Å². The van der Waals surface area contributed by atoms with Gasteiger partial charge in [0.2, 0.25) is 0 Å². The van der Waals surface area contributed by atoms with Crippen LogP contribution in [0.25, 0.3) is 0 Å². The van der Waals surface area contributed by atoms with Gasteiger partial charge in [-0.15, -0.1) is 0 Å². The first kappa shape index (κ1) is 9.97. The topological polar surface area (TPSA) is 21.3 Å². The molecule has 3 heteroatoms. The fourth-order valence-corrected chi connectivity index (χ4v) is 1.76. The van der Waals surface area contributed by atoms with E-state index >= 15 is 0 Å². The number of hydrogen-bond acceptors (Lipinski definition) is 2. The highest BCUT2D eigenvalue weighted by molar-refractivity contribution is 6.30. The van der Waals surface area contributed by atoms with Crippen molar-refractivity contribution >= 4 is 11.6 Å². The summed E-state index contributed by atoms with van der Waals surface area (Å²) in [6.07, 6.45) is 1.27. The molecule has 0 radical (unpaired) electrons. The summed E-state index contributed by atoms with van der Waals surface area (Å²) in [6.45, 7) is 2.73. The molecule has 0 saturated carbocycles. The van der Waals surface area contributed by atoms with Gasteiger partial charge in [0.15, 0.2) is 0 Å². The largest absolute Gasteiger partial charge is 0.375 e. The molecular weight excluding hydrogens is 198 g/mol. The van der Waals surface area contributed by atoms with Crippen molar-refractivity contribution in [3.8, 4) is 0 Å². The van der Waals surface area contributed by atoms with Crippen LogP contribution in [0.5, 0.6) is 0 Å². The molecule has 2 nitrogen and oxygen atoms in total. The molecule has 0 aromatic heterocycles. The van der Waals surface area contributed by atoms with Crippen molar-refractivity contribution in [2.75, 3.05) is 19.7 Å². The Bertz CT molecular complexity index is 280. The molecule has 1 atom stereocenters. The third-order valence-electron chi connectivity index (χ3n) is 2.38. The summed E-state index contributed by atoms with van der Waals surface area (Å²) in [5.74, 6) is 0. The second kappa shape index (κ2) is 4.78. The normalized spacial score (nSPS) is 22.2. The molecule has 1 heterocycles. The van der Waals surface area contributed by atoms with Gasteiger partial charge in [-0.1, -0.05) is 23.7 Å². The van der Waals surface area contributed by atoms with Gasteiger partial charge in [-0.2, -0.15) is 0 Å². The summed E-state index contributed by atoms with van der Waals surface area (Å²) in [6, 6.07) is 7.96. The molecule has 0 unspecified atom stereocenters. The number of nitrogens with one attached hydrogen (secondary N) is 1. The molecule has 1 aromatic carbocycles. The molecular formula is C11H14ClNO. The SMILES string of the molecule is Clc1ccc(C[C@@H]2CNCCO2)cc1. The van der Waals surface area contributed by atoms with E-state index in [2.05, 4.69) is 17.4 Å². The third kappa shape index (κ3) is 2.71. The van der Waals surface area contributed by atoms with Crippen LogP contribution >= 0.6 is 11.6 Å². The highest BCUT2D eigenvalue weighted by Crippen LogP contribution is 2.12. The van der Waals surface area contributed by atoms with Crippen LogP contribution in [0.15, 0.2) is 24.3 Å². The summed E-state index contributed by atoms with van der Waals surface area (Å²) in [5, 5.41) is 4.10. The number of halogens is 1. The first-order chi connectivity index (χ1) is 6.84. The van der Waals surface area contributed by atoms with E-state index in [1.54, 1.807) is 0 Å². The zero-order valence-electron chi connectivity index (χ0n) is 8.00. The van der Waals surface area contributed by atoms with Crippen LogP contribution in [0.2, 0.25) is 5.02 Å². The molecule has 0 aliphatic carbocycles. The lowest BCUT2D eigenvalue weighted by Gasteiger charge is -2.23. The molecule has 1 aliphatic heterocycles. The molecule has 0 spiro atoms. The van der Waals surface area contributed by atoms with Crippen molar-refractivity contribution in [2.24, 2.45) is 0 Å². The number of hydrogen-bond donors (Lipinski definition) is 1. The second-order valence-corrected chi connectivity index (χ2v) is 3.96. The van der Waals surface area contributed by atoms with Gasteiger partial charge in [0.05, 0.1) is 12.7 Å². The van der Waals surface area contributed by atoms with E-state index in [0.29, 0.717) is 6.10 Å². The third-order valence-corrected chi connectivity index (χ3v) is 2.63. The van der Waals surface area contributed by atoms with Gasteiger partial charge in [0.1, 0.15) is 0 Å². The quantitative estimate of drug-likeness (QED) is 0.807. The zero-order chi connectivity index (χ0) is 9.80. The minimum atomic E-state index is 0.310. The van der Waals surface area contributed by atoms with E-state index < -0.39 is 0 Å². The van der Waals surface area contributed by atoms with Gasteiger partial charge < -0.3 is 10.1 Å². The van der Waals surface area contributed by atoms with E-state index in [-0.39, 0.29) is 0 Å². The van der Waals surface area contributed by atoms with Crippen molar-refractivity contribution in [3.05, 3.63) is 34.9 Å². The predicted molar refractivity (Wildman–Crippen MR) is 57.8 cm³/mol. The first-order valence-corrected chi connectivity index (χ1v) is 5.29. The first-order valence-electron chi connectivity index (χ1n) is 4.91. The monoisotopic (exact) mass is 211 g/mol. The molecule has 1 fully saturated rings. The smallest absolute Gasteiger partial charge is 0.0740 e. The Kier molecular flexibility index (Phi) is 3.40. The number of rotatable bonds is 2. The second-order valence-electron chi connectivity index (χ2n) is 3.53. The van der Waals surface area contributed by atoms with Crippen molar-refractivity contribution < 1.29 is 4.74 Å². The summed E-state index contributed by atoms with van der Waals surface area (Å²) in [5.41, 5.74) is 1.28. The Balaban J connectivity index is 1.92. The highest BCUT2D eigenvalue weighted by Gasteiger charge is 2.13. The summed E-state index contributed by atoms with van der Waals surface area (Å²) in [7, 11) is 0. The van der Waals surface area contributed by atoms with Crippen molar-refractivity contribution in [1.82, 2.24) is 5.32 Å². The number of ether oxygens (including phenoxy) is 1. The highest BCUT2D eigenvalue weighted by atomic mass is 35.5. The lowest BCUT2D eigenvalue weighted by Crippen LogP contribution is -2.39. The van der Waals surface area contributed by atoms with Gasteiger partial charge in [-0.25, -0.2) is 0 Å². The molecule has 14 heavy (non-hydrogen) atoms. The van der Waals surface area contributed by atoms with Crippen molar-refractivity contribution in [2.45, 2.75) is 12.5 Å². The number of morpholine rings is 1. The van der Waals surface area contributed by atoms with Gasteiger partial charge in [-0.05, 0) is 24.1 Å². The van der Waals surface area contributed by atoms with Gasteiger partial charge in [0, 0.05) is 18.1 Å². The zero-order valence-corrected chi connectivity index (χ0v) is 8.76. The van der Waals surface area contributed by atoms with Gasteiger partial charge >= 0.3 is 0 Å². The molecule has 0 bridgehead atoms. The van der Waals surface area contributed by atoms with Crippen molar-refractivity contribution in [3.63, 3.8) is 0 Å². The van der Waals surface area contributed by atoms with E-state index in [0.717, 1.165) is 31.1 Å². The molecule has 1 saturated heterocycles. The summed E-state index contributed by atoms with van der Waals surface area (Å²) in [4.78, 5) is 0. The molecule has 2 rings (SSSR count). The Morgan fingerprint density at radius 3 is 2.79 bits per heavy atom. The number of benzene rings is 1. The summed E-state index contributed by atoms with van der Waals surface area (Å²) >= 11 is 5.81. The van der Waals surface area contributed by atoms with Crippen LogP contribution in [0.1, 0.15) is 5.56 Å². The van der Waals surface area contributed by atoms with E-state index in [1.807, 2.05) is 12.1 Å². The fraction of sp³-hybridized carbons (Fsp3) is 0.455. The van der Waals surface area contributed by atoms with E-state index in [9.17, 15) is 0 Å². The Hall–Kier alpha value is -0.570. The molecule has 1 aromatic rings. The summed E-state index contributed by atoms with van der Waals surface area (Å²) < 4.78 is 5.62. The average molecular weight is 212 g/mol. The fourth-order valence-electron chi connectivity index (χ4n) is 1.63. The van der Waals surface area contributed by atoms with Crippen LogP contribution in [-0.4, -0.2) is 25.8 Å². The maximum Gasteiger partial charge on any atom is 0.0740 e. The molecule has 1 aliphatic rings. The van der Waals surface area contributed by atoms with Gasteiger partial charge in [0.25, 0.3) is 0 Å². The Labute approximate surface area is 89.2 Å². The average Bonchev–Trinajstić information content (AvgIpc) is 2.23. The molecule has 1 N–H and O–H groups in total. The van der Waals surface area contributed by atoms with E-state index in [1.165, 1.54) is 5.56 Å². The minimum Gasteiger partial charge on any atom is -0.375 e. The maximum atomic E-state index is 5.81. The van der Waals surface area contributed by atoms with E-state index in [4.69, 9.17) is 16.3 Å². The standard InChI is InChI=1S/C11H14ClNO/c12-10-3-1-9(2-4-10)7-11-8-13-5-6-14-11/h1-4,11,13H,5-8H2/t11-/m1/s1. The molecule has 0 amide bonds. The van der Waals surface area contributed by atoms with Crippen LogP contribution in [0.3, 0.4) is 0 Å². The lowest BCUT2D eigenvalue weighted by molar-refractivity contribution is 0.0292. The molecule has 76 valence electrons. The lowest BCUT2D eigenvalue weighted by atomic mass is 10.1.